The molecule has 2 aromatic heterocycles. The van der Waals surface area contributed by atoms with Crippen molar-refractivity contribution in [3.63, 3.8) is 0 Å². The van der Waals surface area contributed by atoms with Crippen molar-refractivity contribution in [1.29, 1.82) is 0 Å². The van der Waals surface area contributed by atoms with Crippen molar-refractivity contribution in [3.8, 4) is 33.4 Å². The van der Waals surface area contributed by atoms with E-state index in [0.29, 0.717) is 5.92 Å². The predicted octanol–water partition coefficient (Wildman–Crippen LogP) is 17.6. The van der Waals surface area contributed by atoms with E-state index in [1.165, 1.54) is 96.4 Å². The molecule has 0 N–H and O–H groups in total. The third-order valence-electron chi connectivity index (χ3n) is 13.1. The molecule has 61 heavy (non-hydrogen) atoms. The predicted molar refractivity (Wildman–Crippen MR) is 261 cm³/mol. The molecule has 0 bridgehead atoms. The van der Waals surface area contributed by atoms with Crippen molar-refractivity contribution < 1.29 is 4.42 Å². The number of furan rings is 1. The summed E-state index contributed by atoms with van der Waals surface area (Å²) in [6, 6.07) is 71.5. The number of fused-ring (bicyclic) bond motifs is 7. The highest BCUT2D eigenvalue weighted by Crippen LogP contribution is 2.50. The van der Waals surface area contributed by atoms with E-state index < -0.39 is 0 Å². The summed E-state index contributed by atoms with van der Waals surface area (Å²) in [4.78, 5) is 2.51. The second-order valence-electron chi connectivity index (χ2n) is 16.6. The van der Waals surface area contributed by atoms with E-state index >= 15 is 0 Å². The van der Waals surface area contributed by atoms with Gasteiger partial charge in [0.15, 0.2) is 0 Å². The van der Waals surface area contributed by atoms with E-state index in [4.69, 9.17) is 4.42 Å². The molecule has 3 heteroatoms. The average Bonchev–Trinajstić information content (AvgIpc) is 3.91. The quantitative estimate of drug-likeness (QED) is 0.160. The summed E-state index contributed by atoms with van der Waals surface area (Å²) in [6.07, 6.45) is 6.46. The molecule has 292 valence electrons. The van der Waals surface area contributed by atoms with E-state index in [2.05, 4.69) is 193 Å². The standard InChI is InChI=1S/C58H43NOS/c1-2-16-38(17-3-1)42-24-12-18-40-19-13-26-46(56(40)42)44-20-4-8-28-50(44)59(41-36-34-39(35-37-41)43-25-14-31-53-57(43)48-22-6-10-30-52(48)60-53)51-29-9-5-21-45(51)47-27-15-33-55-58(47)49-23-7-11-32-54(49)61-55/h4-15,18-38H,1-3,16-17H2. The second kappa shape index (κ2) is 15.0. The van der Waals surface area contributed by atoms with Gasteiger partial charge in [-0.05, 0) is 106 Å². The van der Waals surface area contributed by atoms with Gasteiger partial charge in [-0.15, -0.1) is 11.3 Å². The molecule has 11 aromatic rings. The Morgan fingerprint density at radius 2 is 0.984 bits per heavy atom. The topological polar surface area (TPSA) is 16.4 Å². The molecule has 0 aliphatic heterocycles. The molecule has 0 atom stereocenters. The Morgan fingerprint density at radius 3 is 1.77 bits per heavy atom. The lowest BCUT2D eigenvalue weighted by atomic mass is 9.80. The first-order valence-corrected chi connectivity index (χ1v) is 22.5. The van der Waals surface area contributed by atoms with Gasteiger partial charge in [-0.2, -0.15) is 0 Å². The number of anilines is 3. The minimum atomic E-state index is 0.577. The van der Waals surface area contributed by atoms with Crippen LogP contribution in [0.1, 0.15) is 43.6 Å². The van der Waals surface area contributed by atoms with E-state index in [0.717, 1.165) is 44.6 Å². The average molecular weight is 802 g/mol. The molecule has 12 rings (SSSR count). The summed E-state index contributed by atoms with van der Waals surface area (Å²) in [5, 5.41) is 7.60. The second-order valence-corrected chi connectivity index (χ2v) is 17.6. The number of hydrogen-bond donors (Lipinski definition) is 0. The van der Waals surface area contributed by atoms with Crippen LogP contribution in [0.5, 0.6) is 0 Å². The molecule has 2 nitrogen and oxygen atoms in total. The molecule has 0 saturated heterocycles. The summed E-state index contributed by atoms with van der Waals surface area (Å²) in [7, 11) is 0. The van der Waals surface area contributed by atoms with Crippen molar-refractivity contribution in [3.05, 3.63) is 200 Å². The van der Waals surface area contributed by atoms with Gasteiger partial charge >= 0.3 is 0 Å². The Bertz CT molecular complexity index is 3410. The zero-order chi connectivity index (χ0) is 40.3. The number of hydrogen-bond acceptors (Lipinski definition) is 3. The highest BCUT2D eigenvalue weighted by molar-refractivity contribution is 7.25. The summed E-state index contributed by atoms with van der Waals surface area (Å²) in [5.41, 5.74) is 14.0. The van der Waals surface area contributed by atoms with E-state index in [1.54, 1.807) is 0 Å². The normalized spacial score (nSPS) is 13.5. The van der Waals surface area contributed by atoms with Crippen molar-refractivity contribution in [2.75, 3.05) is 4.90 Å². The smallest absolute Gasteiger partial charge is 0.136 e. The number of thiophene rings is 1. The van der Waals surface area contributed by atoms with E-state index in [-0.39, 0.29) is 0 Å². The molecule has 0 spiro atoms. The molecule has 1 aliphatic rings. The number of para-hydroxylation sites is 3. The Hall–Kier alpha value is -6.94. The van der Waals surface area contributed by atoms with Crippen LogP contribution >= 0.6 is 11.3 Å². The number of rotatable bonds is 7. The van der Waals surface area contributed by atoms with E-state index in [1.807, 2.05) is 17.4 Å². The fourth-order valence-electron chi connectivity index (χ4n) is 10.4. The van der Waals surface area contributed by atoms with Crippen LogP contribution in [0.25, 0.3) is 86.3 Å². The Balaban J connectivity index is 1.09. The fraction of sp³-hybridized carbons (Fsp3) is 0.103. The Kier molecular flexibility index (Phi) is 8.82. The zero-order valence-electron chi connectivity index (χ0n) is 33.9. The van der Waals surface area contributed by atoms with Gasteiger partial charge in [0.05, 0.1) is 11.4 Å². The van der Waals surface area contributed by atoms with Gasteiger partial charge in [-0.25, -0.2) is 0 Å². The van der Waals surface area contributed by atoms with E-state index in [9.17, 15) is 0 Å². The van der Waals surface area contributed by atoms with Crippen LogP contribution in [0.2, 0.25) is 0 Å². The maximum Gasteiger partial charge on any atom is 0.136 e. The van der Waals surface area contributed by atoms with Crippen LogP contribution in [0.3, 0.4) is 0 Å². The summed E-state index contributed by atoms with van der Waals surface area (Å²) >= 11 is 1.87. The summed E-state index contributed by atoms with van der Waals surface area (Å²) in [6.45, 7) is 0. The monoisotopic (exact) mass is 801 g/mol. The lowest BCUT2D eigenvalue weighted by molar-refractivity contribution is 0.445. The minimum absolute atomic E-state index is 0.577. The van der Waals surface area contributed by atoms with Crippen molar-refractivity contribution in [1.82, 2.24) is 0 Å². The van der Waals surface area contributed by atoms with Gasteiger partial charge in [-0.3, -0.25) is 0 Å². The first-order chi connectivity index (χ1) is 30.3. The largest absolute Gasteiger partial charge is 0.456 e. The molecule has 1 aliphatic carbocycles. The first-order valence-electron chi connectivity index (χ1n) is 21.7. The lowest BCUT2D eigenvalue weighted by Crippen LogP contribution is -2.12. The highest BCUT2D eigenvalue weighted by atomic mass is 32.1. The van der Waals surface area contributed by atoms with Crippen molar-refractivity contribution in [2.45, 2.75) is 38.0 Å². The van der Waals surface area contributed by atoms with Gasteiger partial charge in [-0.1, -0.05) is 165 Å². The van der Waals surface area contributed by atoms with Gasteiger partial charge in [0, 0.05) is 47.8 Å². The van der Waals surface area contributed by atoms with Crippen molar-refractivity contribution in [2.24, 2.45) is 0 Å². The molecule has 0 radical (unpaired) electrons. The van der Waals surface area contributed by atoms with Crippen molar-refractivity contribution >= 4 is 81.3 Å². The highest BCUT2D eigenvalue weighted by Gasteiger charge is 2.25. The molecule has 0 unspecified atom stereocenters. The van der Waals surface area contributed by atoms with Gasteiger partial charge < -0.3 is 9.32 Å². The molecule has 1 saturated carbocycles. The Labute approximate surface area is 360 Å². The van der Waals surface area contributed by atoms with Crippen LogP contribution < -0.4 is 4.90 Å². The molecule has 1 fully saturated rings. The molecule has 2 heterocycles. The first kappa shape index (κ1) is 36.0. The summed E-state index contributed by atoms with van der Waals surface area (Å²) < 4.78 is 8.94. The van der Waals surface area contributed by atoms with Crippen LogP contribution in [0, 0.1) is 0 Å². The number of benzene rings is 9. The molecular weight excluding hydrogens is 759 g/mol. The van der Waals surface area contributed by atoms with Crippen LogP contribution in [0.15, 0.2) is 199 Å². The van der Waals surface area contributed by atoms with Crippen LogP contribution in [-0.4, -0.2) is 0 Å². The lowest BCUT2D eigenvalue weighted by Gasteiger charge is -2.31. The van der Waals surface area contributed by atoms with Crippen LogP contribution in [-0.2, 0) is 0 Å². The van der Waals surface area contributed by atoms with Gasteiger partial charge in [0.25, 0.3) is 0 Å². The van der Waals surface area contributed by atoms with Gasteiger partial charge in [0.1, 0.15) is 11.2 Å². The molecule has 9 aromatic carbocycles. The third-order valence-corrected chi connectivity index (χ3v) is 14.2. The summed E-state index contributed by atoms with van der Waals surface area (Å²) in [5.74, 6) is 0.577. The maximum atomic E-state index is 6.32. The number of nitrogens with zero attached hydrogens (tertiary/aromatic N) is 1. The SMILES string of the molecule is c1ccc(N(c2ccc(-c3cccc4oc5ccccc5c34)cc2)c2ccccc2-c2cccc3sc4ccccc4c23)c(-c2cccc3cccc(C4CCCCC4)c23)c1. The third kappa shape index (κ3) is 6.06. The maximum absolute atomic E-state index is 6.32. The Morgan fingerprint density at radius 1 is 0.410 bits per heavy atom. The molecule has 0 amide bonds. The minimum Gasteiger partial charge on any atom is -0.456 e. The fourth-order valence-corrected chi connectivity index (χ4v) is 11.5. The zero-order valence-corrected chi connectivity index (χ0v) is 34.7. The molecular formula is C58H43NOS. The van der Waals surface area contributed by atoms with Gasteiger partial charge in [0.2, 0.25) is 0 Å². The van der Waals surface area contributed by atoms with Crippen LogP contribution in [0.4, 0.5) is 17.1 Å².